The third-order valence-electron chi connectivity index (χ3n) is 5.13. The number of H-pyrrole nitrogens is 1. The van der Waals surface area contributed by atoms with E-state index in [-0.39, 0.29) is 26.1 Å². The zero-order valence-corrected chi connectivity index (χ0v) is 17.9. The number of ether oxygens (including phenoxy) is 3. The lowest BCUT2D eigenvalue weighted by molar-refractivity contribution is 0.138. The molecule has 2 N–H and O–H groups in total. The first-order valence-electron chi connectivity index (χ1n) is 10.7. The average molecular weight is 463 g/mol. The van der Waals surface area contributed by atoms with Crippen molar-refractivity contribution in [2.75, 3.05) is 25.1 Å². The Morgan fingerprint density at radius 2 is 2.06 bits per heavy atom. The van der Waals surface area contributed by atoms with E-state index in [2.05, 4.69) is 30.2 Å². The number of amides is 1. The number of anilines is 1. The highest BCUT2D eigenvalue weighted by atomic mass is 16.6. The summed E-state index contributed by atoms with van der Waals surface area (Å²) in [6.07, 6.45) is 5.43. The number of aromatic amines is 1. The number of imidazole rings is 1. The molecule has 176 valence electrons. The molecule has 1 atom stereocenters. The van der Waals surface area contributed by atoms with Crippen LogP contribution in [-0.2, 0) is 9.47 Å². The van der Waals surface area contributed by atoms with E-state index in [1.54, 1.807) is 31.6 Å². The molecular weight excluding hydrogens is 436 g/mol. The molecule has 1 amide bonds. The second-order valence-corrected chi connectivity index (χ2v) is 7.41. The van der Waals surface area contributed by atoms with E-state index in [1.165, 1.54) is 0 Å². The Morgan fingerprint density at radius 3 is 2.76 bits per heavy atom. The summed E-state index contributed by atoms with van der Waals surface area (Å²) in [6.45, 7) is 3.30. The molecule has 0 spiro atoms. The number of aromatic nitrogens is 5. The van der Waals surface area contributed by atoms with Crippen LogP contribution < -0.4 is 10.1 Å². The van der Waals surface area contributed by atoms with Crippen molar-refractivity contribution in [3.05, 3.63) is 48.9 Å². The Kier molecular flexibility index (Phi) is 6.98. The molecule has 1 fully saturated rings. The highest BCUT2D eigenvalue weighted by Gasteiger charge is 2.18. The van der Waals surface area contributed by atoms with Crippen LogP contribution in [0.3, 0.4) is 0 Å². The second-order valence-electron chi connectivity index (χ2n) is 7.41. The molecule has 1 aromatic carbocycles. The number of rotatable bonds is 6. The number of pyridine rings is 1. The Bertz CT molecular complexity index is 1250. The lowest BCUT2D eigenvalue weighted by Gasteiger charge is -2.11. The van der Waals surface area contributed by atoms with Gasteiger partial charge in [0.2, 0.25) is 11.8 Å². The molecule has 1 aliphatic heterocycles. The molecule has 3 aromatic heterocycles. The van der Waals surface area contributed by atoms with Gasteiger partial charge in [-0.3, -0.25) is 5.32 Å². The Hall–Kier alpha value is -4.05. The first-order chi connectivity index (χ1) is 16.2. The van der Waals surface area contributed by atoms with Crippen LogP contribution in [-0.4, -0.2) is 56.9 Å². The zero-order chi connectivity index (χ0) is 22.6. The third kappa shape index (κ3) is 4.96. The van der Waals surface area contributed by atoms with Crippen LogP contribution in [0.1, 0.15) is 20.8 Å². The molecule has 0 aliphatic carbocycles. The molecule has 5 rings (SSSR count). The minimum absolute atomic E-state index is 0. The van der Waals surface area contributed by atoms with Crippen molar-refractivity contribution >= 4 is 23.1 Å². The van der Waals surface area contributed by atoms with Gasteiger partial charge in [-0.05, 0) is 36.8 Å². The lowest BCUT2D eigenvalue weighted by atomic mass is 10.0. The molecule has 4 heterocycles. The van der Waals surface area contributed by atoms with E-state index >= 15 is 0 Å². The minimum atomic E-state index is -0.582. The van der Waals surface area contributed by atoms with Gasteiger partial charge in [0, 0.05) is 42.2 Å². The summed E-state index contributed by atoms with van der Waals surface area (Å²) < 4.78 is 16.2. The SMILES string of the molecule is C.CCOC(=O)Nc1nc2c(-c3ncccn3)cc(-c3ccc(OC4CCOC4)nc3)cc2[nH]1. The molecule has 0 saturated carbocycles. The van der Waals surface area contributed by atoms with Crippen LogP contribution in [0.2, 0.25) is 0 Å². The summed E-state index contributed by atoms with van der Waals surface area (Å²) in [4.78, 5) is 32.7. The first-order valence-corrected chi connectivity index (χ1v) is 10.7. The second kappa shape index (κ2) is 10.3. The Balaban J connectivity index is 0.00000274. The molecule has 1 saturated heterocycles. The van der Waals surface area contributed by atoms with Gasteiger partial charge in [-0.25, -0.2) is 24.7 Å². The topological polar surface area (TPSA) is 124 Å². The van der Waals surface area contributed by atoms with Gasteiger partial charge in [0.25, 0.3) is 0 Å². The van der Waals surface area contributed by atoms with Gasteiger partial charge in [-0.15, -0.1) is 0 Å². The quantitative estimate of drug-likeness (QED) is 0.431. The van der Waals surface area contributed by atoms with Gasteiger partial charge in [-0.2, -0.15) is 0 Å². The third-order valence-corrected chi connectivity index (χ3v) is 5.13. The zero-order valence-electron chi connectivity index (χ0n) is 17.9. The molecule has 1 aliphatic rings. The van der Waals surface area contributed by atoms with Crippen LogP contribution >= 0.6 is 0 Å². The largest absolute Gasteiger partial charge is 0.472 e. The molecule has 1 unspecified atom stereocenters. The van der Waals surface area contributed by atoms with Crippen molar-refractivity contribution < 1.29 is 19.0 Å². The van der Waals surface area contributed by atoms with Gasteiger partial charge in [0.15, 0.2) is 5.82 Å². The van der Waals surface area contributed by atoms with Crippen molar-refractivity contribution in [1.82, 2.24) is 24.9 Å². The summed E-state index contributed by atoms with van der Waals surface area (Å²) >= 11 is 0. The standard InChI is InChI=1S/C23H22N6O4.CH4/c1-2-32-23(30)29-22-27-18-11-15(10-17(20(18)28-22)21-24-7-3-8-25-21)14-4-5-19(26-12-14)33-16-6-9-31-13-16;/h3-5,7-8,10-12,16H,2,6,9,13H2,1H3,(H2,27,28,29,30);1H4. The van der Waals surface area contributed by atoms with Crippen molar-refractivity contribution in [2.45, 2.75) is 26.9 Å². The van der Waals surface area contributed by atoms with Gasteiger partial charge in [0.05, 0.1) is 25.3 Å². The van der Waals surface area contributed by atoms with Crippen LogP contribution in [0.5, 0.6) is 5.88 Å². The highest BCUT2D eigenvalue weighted by Crippen LogP contribution is 2.32. The minimum Gasteiger partial charge on any atom is -0.472 e. The van der Waals surface area contributed by atoms with Crippen molar-refractivity contribution in [2.24, 2.45) is 0 Å². The molecule has 10 nitrogen and oxygen atoms in total. The Labute approximate surface area is 196 Å². The normalized spacial score (nSPS) is 15.0. The van der Waals surface area contributed by atoms with Gasteiger partial charge < -0.3 is 19.2 Å². The van der Waals surface area contributed by atoms with Crippen LogP contribution in [0.25, 0.3) is 33.5 Å². The van der Waals surface area contributed by atoms with E-state index in [0.717, 1.165) is 23.1 Å². The van der Waals surface area contributed by atoms with Gasteiger partial charge in [0.1, 0.15) is 11.6 Å². The molecule has 34 heavy (non-hydrogen) atoms. The molecule has 0 radical (unpaired) electrons. The van der Waals surface area contributed by atoms with E-state index in [0.29, 0.717) is 36.0 Å². The maximum Gasteiger partial charge on any atom is 0.413 e. The lowest BCUT2D eigenvalue weighted by Crippen LogP contribution is -2.16. The molecule has 0 bridgehead atoms. The number of carbonyl (C=O) groups is 1. The smallest absolute Gasteiger partial charge is 0.413 e. The molecule has 10 heteroatoms. The summed E-state index contributed by atoms with van der Waals surface area (Å²) in [5.74, 6) is 1.36. The monoisotopic (exact) mass is 462 g/mol. The summed E-state index contributed by atoms with van der Waals surface area (Å²) in [6, 6.07) is 9.43. The van der Waals surface area contributed by atoms with Gasteiger partial charge >= 0.3 is 6.09 Å². The number of hydrogen-bond donors (Lipinski definition) is 2. The molecule has 4 aromatic rings. The number of hydrogen-bond acceptors (Lipinski definition) is 8. The maximum atomic E-state index is 11.8. The van der Waals surface area contributed by atoms with Crippen LogP contribution in [0, 0.1) is 0 Å². The number of nitrogens with one attached hydrogen (secondary N) is 2. The molecular formula is C24H26N6O4. The van der Waals surface area contributed by atoms with Crippen molar-refractivity contribution in [3.63, 3.8) is 0 Å². The summed E-state index contributed by atoms with van der Waals surface area (Å²) in [5, 5.41) is 2.60. The van der Waals surface area contributed by atoms with Crippen LogP contribution in [0.15, 0.2) is 48.9 Å². The predicted octanol–water partition coefficient (Wildman–Crippen LogP) is 4.45. The Morgan fingerprint density at radius 1 is 1.21 bits per heavy atom. The van der Waals surface area contributed by atoms with E-state index in [1.807, 2.05) is 24.3 Å². The summed E-state index contributed by atoms with van der Waals surface area (Å²) in [5.41, 5.74) is 3.84. The van der Waals surface area contributed by atoms with Crippen LogP contribution in [0.4, 0.5) is 10.7 Å². The number of fused-ring (bicyclic) bond motifs is 1. The number of benzene rings is 1. The first kappa shape index (κ1) is 23.1. The fourth-order valence-corrected chi connectivity index (χ4v) is 3.61. The van der Waals surface area contributed by atoms with Gasteiger partial charge in [-0.1, -0.05) is 7.43 Å². The number of nitrogens with zero attached hydrogens (tertiary/aromatic N) is 4. The maximum absolute atomic E-state index is 11.8. The van der Waals surface area contributed by atoms with Crippen molar-refractivity contribution in [1.29, 1.82) is 0 Å². The van der Waals surface area contributed by atoms with Crippen molar-refractivity contribution in [3.8, 4) is 28.4 Å². The van der Waals surface area contributed by atoms with E-state index < -0.39 is 6.09 Å². The predicted molar refractivity (Wildman–Crippen MR) is 128 cm³/mol. The van der Waals surface area contributed by atoms with E-state index in [9.17, 15) is 4.79 Å². The number of carbonyl (C=O) groups excluding carboxylic acids is 1. The highest BCUT2D eigenvalue weighted by molar-refractivity contribution is 5.96. The average Bonchev–Trinajstić information content (AvgIpc) is 3.49. The fraction of sp³-hybridized carbons (Fsp3) is 0.292. The summed E-state index contributed by atoms with van der Waals surface area (Å²) in [7, 11) is 0. The van der Waals surface area contributed by atoms with E-state index in [4.69, 9.17) is 14.2 Å². The fourth-order valence-electron chi connectivity index (χ4n) is 3.61.